The predicted octanol–water partition coefficient (Wildman–Crippen LogP) is 2.64. The Kier molecular flexibility index (Phi) is 6.88. The molecule has 0 spiro atoms. The largest absolute Gasteiger partial charge is 0.346 e. The van der Waals surface area contributed by atoms with Crippen molar-refractivity contribution in [1.29, 1.82) is 0 Å². The smallest absolute Gasteiger partial charge is 0.243 e. The number of likely N-dealkylation sites (N-methyl/N-ethyl adjacent to an activating group) is 1. The summed E-state index contributed by atoms with van der Waals surface area (Å²) >= 11 is 1.62. The molecule has 140 valence electrons. The lowest BCUT2D eigenvalue weighted by Crippen LogP contribution is -2.45. The summed E-state index contributed by atoms with van der Waals surface area (Å²) in [7, 11) is 1.88. The molecule has 0 saturated heterocycles. The van der Waals surface area contributed by atoms with Crippen molar-refractivity contribution >= 4 is 28.8 Å². The van der Waals surface area contributed by atoms with Crippen LogP contribution in [0.1, 0.15) is 27.9 Å². The highest BCUT2D eigenvalue weighted by Crippen LogP contribution is 2.19. The highest BCUT2D eigenvalue weighted by atomic mass is 32.1. The number of hydrogen-bond donors (Lipinski definition) is 2. The van der Waals surface area contributed by atoms with E-state index >= 15 is 0 Å². The maximum absolute atomic E-state index is 12.3. The predicted molar refractivity (Wildman–Crippen MR) is 105 cm³/mol. The minimum atomic E-state index is -0.342. The Hall–Kier alpha value is -2.25. The molecule has 0 fully saturated rings. The summed E-state index contributed by atoms with van der Waals surface area (Å²) in [5.41, 5.74) is 2.80. The van der Waals surface area contributed by atoms with Gasteiger partial charge in [-0.1, -0.05) is 18.2 Å². The summed E-state index contributed by atoms with van der Waals surface area (Å²) in [4.78, 5) is 31.8. The van der Waals surface area contributed by atoms with Crippen LogP contribution < -0.4 is 10.6 Å². The van der Waals surface area contributed by atoms with Crippen LogP contribution in [0.25, 0.3) is 0 Å². The van der Waals surface area contributed by atoms with E-state index in [-0.39, 0.29) is 24.4 Å². The van der Waals surface area contributed by atoms with E-state index in [4.69, 9.17) is 0 Å². The second kappa shape index (κ2) is 8.91. The molecule has 6 nitrogen and oxygen atoms in total. The number of thiazole rings is 1. The zero-order valence-electron chi connectivity index (χ0n) is 15.9. The summed E-state index contributed by atoms with van der Waals surface area (Å²) in [5, 5.41) is 6.59. The standard InChI is InChI=1S/C19H26N4O2S/c1-12-7-6-8-13(2)18(12)22-17(24)10-21-19(25)14(3)23(5)11-16-9-20-15(4)26-16/h6-9,14H,10-11H2,1-5H3,(H,21,25)(H,22,24). The van der Waals surface area contributed by atoms with E-state index in [1.54, 1.807) is 11.3 Å². The number of benzene rings is 1. The van der Waals surface area contributed by atoms with Crippen molar-refractivity contribution in [3.8, 4) is 0 Å². The van der Waals surface area contributed by atoms with Gasteiger partial charge in [0, 0.05) is 23.3 Å². The van der Waals surface area contributed by atoms with E-state index in [0.29, 0.717) is 6.54 Å². The molecule has 1 aromatic carbocycles. The third kappa shape index (κ3) is 5.37. The molecule has 1 aromatic heterocycles. The van der Waals surface area contributed by atoms with Crippen LogP contribution in [0, 0.1) is 20.8 Å². The van der Waals surface area contributed by atoms with E-state index in [1.807, 2.05) is 64.0 Å². The van der Waals surface area contributed by atoms with Crippen molar-refractivity contribution in [2.45, 2.75) is 40.3 Å². The van der Waals surface area contributed by atoms with Crippen LogP contribution in [0.2, 0.25) is 0 Å². The first-order valence-corrected chi connectivity index (χ1v) is 9.35. The molecule has 1 unspecified atom stereocenters. The summed E-state index contributed by atoms with van der Waals surface area (Å²) in [6.45, 7) is 8.27. The zero-order chi connectivity index (χ0) is 19.3. The van der Waals surface area contributed by atoms with Crippen LogP contribution in [0.15, 0.2) is 24.4 Å². The Balaban J connectivity index is 1.84. The Labute approximate surface area is 158 Å². The number of anilines is 1. The number of carbonyl (C=O) groups is 2. The minimum Gasteiger partial charge on any atom is -0.346 e. The average molecular weight is 375 g/mol. The van der Waals surface area contributed by atoms with E-state index in [1.165, 1.54) is 0 Å². The number of hydrogen-bond acceptors (Lipinski definition) is 5. The highest BCUT2D eigenvalue weighted by molar-refractivity contribution is 7.11. The highest BCUT2D eigenvalue weighted by Gasteiger charge is 2.19. The number of amides is 2. The van der Waals surface area contributed by atoms with E-state index in [9.17, 15) is 9.59 Å². The van der Waals surface area contributed by atoms with Crippen LogP contribution >= 0.6 is 11.3 Å². The number of rotatable bonds is 7. The SMILES string of the molecule is Cc1ncc(CN(C)C(C)C(=O)NCC(=O)Nc2c(C)cccc2C)s1. The molecule has 2 rings (SSSR count). The first-order chi connectivity index (χ1) is 12.3. The molecule has 2 aromatic rings. The molecule has 7 heteroatoms. The third-order valence-electron chi connectivity index (χ3n) is 4.28. The van der Waals surface area contributed by atoms with Gasteiger partial charge in [0.25, 0.3) is 0 Å². The molecule has 0 aliphatic rings. The van der Waals surface area contributed by atoms with Gasteiger partial charge in [0.15, 0.2) is 0 Å². The lowest BCUT2D eigenvalue weighted by molar-refractivity contribution is -0.127. The van der Waals surface area contributed by atoms with Crippen molar-refractivity contribution in [1.82, 2.24) is 15.2 Å². The van der Waals surface area contributed by atoms with E-state index in [2.05, 4.69) is 15.6 Å². The number of nitrogens with zero attached hydrogens (tertiary/aromatic N) is 2. The van der Waals surface area contributed by atoms with Gasteiger partial charge in [0.1, 0.15) is 0 Å². The topological polar surface area (TPSA) is 74.3 Å². The summed E-state index contributed by atoms with van der Waals surface area (Å²) in [5.74, 6) is -0.408. The number of carbonyl (C=O) groups excluding carboxylic acids is 2. The van der Waals surface area contributed by atoms with Crippen molar-refractivity contribution in [3.05, 3.63) is 45.4 Å². The summed E-state index contributed by atoms with van der Waals surface area (Å²) < 4.78 is 0. The van der Waals surface area contributed by atoms with Crippen LogP contribution in [0.3, 0.4) is 0 Å². The summed E-state index contributed by atoms with van der Waals surface area (Å²) in [6.07, 6.45) is 1.83. The van der Waals surface area contributed by atoms with Gasteiger partial charge >= 0.3 is 0 Å². The van der Waals surface area contributed by atoms with Gasteiger partial charge in [0.2, 0.25) is 11.8 Å². The van der Waals surface area contributed by atoms with Crippen molar-refractivity contribution in [3.63, 3.8) is 0 Å². The maximum Gasteiger partial charge on any atom is 0.243 e. The average Bonchev–Trinajstić information content (AvgIpc) is 3.00. The fourth-order valence-electron chi connectivity index (χ4n) is 2.57. The van der Waals surface area contributed by atoms with E-state index < -0.39 is 0 Å². The molecule has 0 aliphatic carbocycles. The normalized spacial score (nSPS) is 12.1. The van der Waals surface area contributed by atoms with Crippen LogP contribution in [-0.2, 0) is 16.1 Å². The monoisotopic (exact) mass is 374 g/mol. The fourth-order valence-corrected chi connectivity index (χ4v) is 3.43. The quantitative estimate of drug-likeness (QED) is 0.781. The molecular formula is C19H26N4O2S. The Morgan fingerprint density at radius 2 is 1.88 bits per heavy atom. The number of aryl methyl sites for hydroxylation is 3. The van der Waals surface area contributed by atoms with Gasteiger partial charge < -0.3 is 10.6 Å². The molecule has 0 saturated carbocycles. The lowest BCUT2D eigenvalue weighted by atomic mass is 10.1. The second-order valence-corrected chi connectivity index (χ2v) is 7.79. The molecule has 1 heterocycles. The molecular weight excluding hydrogens is 348 g/mol. The molecule has 0 aliphatic heterocycles. The molecule has 26 heavy (non-hydrogen) atoms. The molecule has 0 radical (unpaired) electrons. The number of nitrogens with one attached hydrogen (secondary N) is 2. The second-order valence-electron chi connectivity index (χ2n) is 6.47. The van der Waals surface area contributed by atoms with Crippen molar-refractivity contribution < 1.29 is 9.59 Å². The number of para-hydroxylation sites is 1. The first kappa shape index (κ1) is 20.1. The van der Waals surface area contributed by atoms with Gasteiger partial charge in [-0.15, -0.1) is 11.3 Å². The minimum absolute atomic E-state index is 0.0511. The van der Waals surface area contributed by atoms with Crippen molar-refractivity contribution in [2.24, 2.45) is 0 Å². The van der Waals surface area contributed by atoms with Crippen molar-refractivity contribution in [2.75, 3.05) is 18.9 Å². The molecule has 2 amide bonds. The molecule has 0 bridgehead atoms. The van der Waals surface area contributed by atoms with Crippen LogP contribution in [0.4, 0.5) is 5.69 Å². The first-order valence-electron chi connectivity index (χ1n) is 8.53. The van der Waals surface area contributed by atoms with Gasteiger partial charge in [-0.3, -0.25) is 14.5 Å². The van der Waals surface area contributed by atoms with Crippen LogP contribution in [0.5, 0.6) is 0 Å². The molecule has 1 atom stereocenters. The van der Waals surface area contributed by atoms with Crippen LogP contribution in [-0.4, -0.2) is 41.3 Å². The fraction of sp³-hybridized carbons (Fsp3) is 0.421. The van der Waals surface area contributed by atoms with Gasteiger partial charge in [-0.2, -0.15) is 0 Å². The van der Waals surface area contributed by atoms with Gasteiger partial charge in [0.05, 0.1) is 17.6 Å². The van der Waals surface area contributed by atoms with E-state index in [0.717, 1.165) is 26.7 Å². The maximum atomic E-state index is 12.3. The Bertz CT molecular complexity index is 767. The number of aromatic nitrogens is 1. The molecule has 2 N–H and O–H groups in total. The Morgan fingerprint density at radius 3 is 2.46 bits per heavy atom. The zero-order valence-corrected chi connectivity index (χ0v) is 16.7. The van der Waals surface area contributed by atoms with Gasteiger partial charge in [-0.25, -0.2) is 4.98 Å². The van der Waals surface area contributed by atoms with Gasteiger partial charge in [-0.05, 0) is 45.9 Å². The summed E-state index contributed by atoms with van der Waals surface area (Å²) in [6, 6.07) is 5.49. The Morgan fingerprint density at radius 1 is 1.23 bits per heavy atom. The lowest BCUT2D eigenvalue weighted by Gasteiger charge is -2.23. The third-order valence-corrected chi connectivity index (χ3v) is 5.18.